The van der Waals surface area contributed by atoms with Gasteiger partial charge in [0.2, 0.25) is 5.91 Å². The Morgan fingerprint density at radius 3 is 2.52 bits per heavy atom. The van der Waals surface area contributed by atoms with Crippen molar-refractivity contribution in [2.45, 2.75) is 13.3 Å². The van der Waals surface area contributed by atoms with E-state index < -0.39 is 0 Å². The highest BCUT2D eigenvalue weighted by molar-refractivity contribution is 5.94. The van der Waals surface area contributed by atoms with E-state index in [-0.39, 0.29) is 11.8 Å². The van der Waals surface area contributed by atoms with Crippen LogP contribution in [0.15, 0.2) is 28.8 Å². The largest absolute Gasteiger partial charge is 0.385 e. The van der Waals surface area contributed by atoms with Gasteiger partial charge in [0.1, 0.15) is 0 Å². The summed E-state index contributed by atoms with van der Waals surface area (Å²) in [6.45, 7) is 5.91. The Bertz CT molecular complexity index is 813. The molecule has 1 saturated heterocycles. The predicted octanol–water partition coefficient (Wildman–Crippen LogP) is 0.956. The van der Waals surface area contributed by atoms with Gasteiger partial charge in [-0.2, -0.15) is 4.98 Å². The standard InChI is InChI=1S/C20H27N5O4/c1-15-22-19(29-23-15)16-4-6-17(7-5-16)20(27)25-11-9-24(10-12-25)14-18(26)21-8-3-13-28-2/h4-7H,3,8-14H2,1-2H3,(H,21,26). The molecule has 1 fully saturated rings. The number of aromatic nitrogens is 2. The smallest absolute Gasteiger partial charge is 0.257 e. The highest BCUT2D eigenvalue weighted by atomic mass is 16.5. The Morgan fingerprint density at radius 2 is 1.90 bits per heavy atom. The molecule has 0 bridgehead atoms. The maximum absolute atomic E-state index is 12.7. The predicted molar refractivity (Wildman–Crippen MR) is 106 cm³/mol. The molecule has 0 spiro atoms. The highest BCUT2D eigenvalue weighted by Gasteiger charge is 2.23. The minimum atomic E-state index is -0.0121. The van der Waals surface area contributed by atoms with Crippen LogP contribution in [0.1, 0.15) is 22.6 Å². The first kappa shape index (κ1) is 20.9. The lowest BCUT2D eigenvalue weighted by atomic mass is 10.1. The summed E-state index contributed by atoms with van der Waals surface area (Å²) in [4.78, 5) is 32.8. The third-order valence-electron chi connectivity index (χ3n) is 4.78. The monoisotopic (exact) mass is 401 g/mol. The summed E-state index contributed by atoms with van der Waals surface area (Å²) in [5.74, 6) is 1.01. The summed E-state index contributed by atoms with van der Waals surface area (Å²) in [6.07, 6.45) is 0.801. The van der Waals surface area contributed by atoms with Gasteiger partial charge in [-0.15, -0.1) is 0 Å². The minimum absolute atomic E-state index is 0.00716. The summed E-state index contributed by atoms with van der Waals surface area (Å²) in [5.41, 5.74) is 1.40. The minimum Gasteiger partial charge on any atom is -0.385 e. The van der Waals surface area contributed by atoms with Crippen molar-refractivity contribution in [2.75, 3.05) is 53.0 Å². The molecule has 0 atom stereocenters. The Labute approximate surface area is 170 Å². The first-order chi connectivity index (χ1) is 14.1. The number of hydrogen-bond donors (Lipinski definition) is 1. The van der Waals surface area contributed by atoms with Crippen LogP contribution in [0.5, 0.6) is 0 Å². The van der Waals surface area contributed by atoms with Gasteiger partial charge in [-0.05, 0) is 37.6 Å². The second kappa shape index (κ2) is 10.1. The summed E-state index contributed by atoms with van der Waals surface area (Å²) in [7, 11) is 1.64. The quantitative estimate of drug-likeness (QED) is 0.658. The lowest BCUT2D eigenvalue weighted by Crippen LogP contribution is -2.51. The Kier molecular flexibility index (Phi) is 7.31. The Morgan fingerprint density at radius 1 is 1.17 bits per heavy atom. The molecule has 1 aliphatic heterocycles. The molecule has 0 aliphatic carbocycles. The van der Waals surface area contributed by atoms with Gasteiger partial charge in [0.15, 0.2) is 5.82 Å². The lowest BCUT2D eigenvalue weighted by molar-refractivity contribution is -0.122. The number of benzene rings is 1. The van der Waals surface area contributed by atoms with E-state index in [1.165, 1.54) is 0 Å². The Hall–Kier alpha value is -2.78. The summed E-state index contributed by atoms with van der Waals surface area (Å²) >= 11 is 0. The molecule has 0 radical (unpaired) electrons. The van der Waals surface area contributed by atoms with Crippen LogP contribution in [0, 0.1) is 6.92 Å². The molecule has 9 heteroatoms. The van der Waals surface area contributed by atoms with Gasteiger partial charge in [0, 0.05) is 57.6 Å². The molecule has 0 unspecified atom stereocenters. The van der Waals surface area contributed by atoms with Gasteiger partial charge < -0.3 is 19.5 Å². The van der Waals surface area contributed by atoms with Crippen LogP contribution in [0.25, 0.3) is 11.5 Å². The van der Waals surface area contributed by atoms with Crippen LogP contribution >= 0.6 is 0 Å². The molecule has 156 valence electrons. The number of methoxy groups -OCH3 is 1. The zero-order valence-corrected chi connectivity index (χ0v) is 16.9. The number of nitrogens with zero attached hydrogens (tertiary/aromatic N) is 4. The topological polar surface area (TPSA) is 101 Å². The molecule has 2 heterocycles. The molecule has 1 N–H and O–H groups in total. The molecule has 9 nitrogen and oxygen atoms in total. The van der Waals surface area contributed by atoms with Crippen LogP contribution in [0.3, 0.4) is 0 Å². The average molecular weight is 401 g/mol. The zero-order chi connectivity index (χ0) is 20.6. The van der Waals surface area contributed by atoms with Gasteiger partial charge in [0.05, 0.1) is 6.54 Å². The second-order valence-electron chi connectivity index (χ2n) is 6.99. The molecule has 1 aliphatic rings. The maximum atomic E-state index is 12.7. The van der Waals surface area contributed by atoms with E-state index in [4.69, 9.17) is 9.26 Å². The van der Waals surface area contributed by atoms with Crippen LogP contribution in [-0.4, -0.2) is 84.7 Å². The molecule has 29 heavy (non-hydrogen) atoms. The maximum Gasteiger partial charge on any atom is 0.257 e. The number of ether oxygens (including phenoxy) is 1. The molecule has 1 aromatic carbocycles. The zero-order valence-electron chi connectivity index (χ0n) is 16.9. The van der Waals surface area contributed by atoms with E-state index in [0.717, 1.165) is 12.0 Å². The van der Waals surface area contributed by atoms with E-state index >= 15 is 0 Å². The molecular weight excluding hydrogens is 374 g/mol. The fourth-order valence-corrected chi connectivity index (χ4v) is 3.16. The van der Waals surface area contributed by atoms with E-state index in [9.17, 15) is 9.59 Å². The molecule has 3 rings (SSSR count). The normalized spacial score (nSPS) is 14.8. The van der Waals surface area contributed by atoms with Crippen molar-refractivity contribution in [1.82, 2.24) is 25.3 Å². The molecular formula is C20H27N5O4. The summed E-state index contributed by atoms with van der Waals surface area (Å²) in [5, 5.41) is 6.66. The van der Waals surface area contributed by atoms with E-state index in [0.29, 0.717) is 63.2 Å². The highest BCUT2D eigenvalue weighted by Crippen LogP contribution is 2.18. The van der Waals surface area contributed by atoms with Crippen molar-refractivity contribution in [2.24, 2.45) is 0 Å². The number of amides is 2. The lowest BCUT2D eigenvalue weighted by Gasteiger charge is -2.34. The third-order valence-corrected chi connectivity index (χ3v) is 4.78. The SMILES string of the molecule is COCCCNC(=O)CN1CCN(C(=O)c2ccc(-c3nc(C)no3)cc2)CC1. The number of nitrogens with one attached hydrogen (secondary N) is 1. The fourth-order valence-electron chi connectivity index (χ4n) is 3.16. The number of hydrogen-bond acceptors (Lipinski definition) is 7. The van der Waals surface area contributed by atoms with Gasteiger partial charge in [0.25, 0.3) is 11.8 Å². The first-order valence-electron chi connectivity index (χ1n) is 9.75. The number of carbonyl (C=O) groups is 2. The second-order valence-corrected chi connectivity index (χ2v) is 6.99. The van der Waals surface area contributed by atoms with E-state index in [2.05, 4.69) is 20.4 Å². The van der Waals surface area contributed by atoms with Crippen molar-refractivity contribution in [1.29, 1.82) is 0 Å². The van der Waals surface area contributed by atoms with Crippen LogP contribution in [-0.2, 0) is 9.53 Å². The van der Waals surface area contributed by atoms with Gasteiger partial charge in [-0.3, -0.25) is 14.5 Å². The van der Waals surface area contributed by atoms with Crippen LogP contribution in [0.2, 0.25) is 0 Å². The number of piperazine rings is 1. The average Bonchev–Trinajstić information content (AvgIpc) is 3.18. The van der Waals surface area contributed by atoms with Crippen molar-refractivity contribution in [3.05, 3.63) is 35.7 Å². The van der Waals surface area contributed by atoms with Crippen molar-refractivity contribution < 1.29 is 18.8 Å². The summed E-state index contributed by atoms with van der Waals surface area (Å²) < 4.78 is 10.1. The number of carbonyl (C=O) groups excluding carboxylic acids is 2. The van der Waals surface area contributed by atoms with Crippen LogP contribution in [0.4, 0.5) is 0 Å². The molecule has 2 aromatic rings. The van der Waals surface area contributed by atoms with Crippen molar-refractivity contribution in [3.8, 4) is 11.5 Å². The van der Waals surface area contributed by atoms with Crippen molar-refractivity contribution >= 4 is 11.8 Å². The van der Waals surface area contributed by atoms with E-state index in [1.54, 1.807) is 26.2 Å². The third kappa shape index (κ3) is 5.85. The van der Waals surface area contributed by atoms with E-state index in [1.807, 2.05) is 17.0 Å². The number of aryl methyl sites for hydroxylation is 1. The number of rotatable bonds is 8. The summed E-state index contributed by atoms with van der Waals surface area (Å²) in [6, 6.07) is 7.17. The molecule has 0 saturated carbocycles. The van der Waals surface area contributed by atoms with Gasteiger partial charge in [-0.1, -0.05) is 5.16 Å². The van der Waals surface area contributed by atoms with Gasteiger partial charge >= 0.3 is 0 Å². The molecule has 1 aromatic heterocycles. The first-order valence-corrected chi connectivity index (χ1v) is 9.75. The Balaban J connectivity index is 1.45. The molecule has 2 amide bonds. The van der Waals surface area contributed by atoms with Crippen LogP contribution < -0.4 is 5.32 Å². The fraction of sp³-hybridized carbons (Fsp3) is 0.500. The van der Waals surface area contributed by atoms with Crippen molar-refractivity contribution in [3.63, 3.8) is 0 Å². The van der Waals surface area contributed by atoms with Gasteiger partial charge in [-0.25, -0.2) is 0 Å².